The summed E-state index contributed by atoms with van der Waals surface area (Å²) < 4.78 is 44.8. The van der Waals surface area contributed by atoms with E-state index in [1.807, 2.05) is 16.8 Å². The van der Waals surface area contributed by atoms with Crippen LogP contribution in [0.5, 0.6) is 0 Å². The normalized spacial score (nSPS) is 15.2. The van der Waals surface area contributed by atoms with Crippen molar-refractivity contribution in [2.45, 2.75) is 50.9 Å². The fourth-order valence-corrected chi connectivity index (χ4v) is 4.05. The van der Waals surface area contributed by atoms with Gasteiger partial charge in [-0.1, -0.05) is 12.1 Å². The molecule has 4 rings (SSSR count). The van der Waals surface area contributed by atoms with E-state index in [1.54, 1.807) is 17.9 Å². The summed E-state index contributed by atoms with van der Waals surface area (Å²) in [6, 6.07) is 6.67. The van der Waals surface area contributed by atoms with Crippen LogP contribution >= 0.6 is 11.3 Å². The van der Waals surface area contributed by atoms with Crippen LogP contribution in [0.1, 0.15) is 49.2 Å². The lowest BCUT2D eigenvalue weighted by Crippen LogP contribution is -2.35. The van der Waals surface area contributed by atoms with Gasteiger partial charge in [0.05, 0.1) is 11.6 Å². The van der Waals surface area contributed by atoms with E-state index < -0.39 is 17.8 Å². The summed E-state index contributed by atoms with van der Waals surface area (Å²) in [5.74, 6) is 0.653. The molecule has 0 N–H and O–H groups in total. The highest BCUT2D eigenvalue weighted by atomic mass is 32.1. The molecule has 30 heavy (non-hydrogen) atoms. The summed E-state index contributed by atoms with van der Waals surface area (Å²) >= 11 is 1.52. The maximum Gasteiger partial charge on any atom is 0.416 e. The third kappa shape index (κ3) is 4.56. The molecule has 1 fully saturated rings. The second-order valence-corrected chi connectivity index (χ2v) is 8.12. The average Bonchev–Trinajstić information content (AvgIpc) is 3.19. The molecule has 3 aromatic rings. The number of rotatable bonds is 7. The van der Waals surface area contributed by atoms with Gasteiger partial charge in [0.15, 0.2) is 0 Å². The lowest BCUT2D eigenvalue weighted by molar-refractivity contribution is -0.137. The van der Waals surface area contributed by atoms with Crippen LogP contribution < -0.4 is 0 Å². The zero-order valence-electron chi connectivity index (χ0n) is 16.2. The highest BCUT2D eigenvalue weighted by Gasteiger charge is 2.37. The Morgan fingerprint density at radius 1 is 1.30 bits per heavy atom. The largest absolute Gasteiger partial charge is 0.421 e. The first-order valence-corrected chi connectivity index (χ1v) is 10.6. The number of hydrogen-bond acceptors (Lipinski definition) is 5. The van der Waals surface area contributed by atoms with E-state index in [-0.39, 0.29) is 24.8 Å². The molecule has 2 aromatic heterocycles. The molecule has 5 nitrogen and oxygen atoms in total. The molecule has 1 atom stereocenters. The fraction of sp³-hybridized carbons (Fsp3) is 0.381. The summed E-state index contributed by atoms with van der Waals surface area (Å²) in [5, 5.41) is 11.8. The number of aryl methyl sites for hydroxylation is 1. The average molecular weight is 435 g/mol. The van der Waals surface area contributed by atoms with Crippen LogP contribution in [0.3, 0.4) is 0 Å². The van der Waals surface area contributed by atoms with Crippen molar-refractivity contribution in [3.63, 3.8) is 0 Å². The van der Waals surface area contributed by atoms with Crippen molar-refractivity contribution in [1.82, 2.24) is 15.1 Å². The van der Waals surface area contributed by atoms with E-state index in [4.69, 9.17) is 4.42 Å². The molecule has 2 heterocycles. The van der Waals surface area contributed by atoms with Gasteiger partial charge in [-0.05, 0) is 48.9 Å². The standard InChI is InChI=1S/C21H20F3N3O2S/c1-13(14-3-2-4-16(11-14)21(22,23)24)27(17-5-6-17)19(28)8-7-18-25-26-20(29-18)15-9-10-30-12-15/h2-4,9-13,17H,5-8H2,1H3. The minimum absolute atomic E-state index is 0.0612. The first-order valence-electron chi connectivity index (χ1n) is 9.66. The Morgan fingerprint density at radius 3 is 2.77 bits per heavy atom. The van der Waals surface area contributed by atoms with Crippen LogP contribution in [0.25, 0.3) is 11.5 Å². The SMILES string of the molecule is CC(c1cccc(C(F)(F)F)c1)N(C(=O)CCc1nnc(-c2ccsc2)o1)C1CC1. The van der Waals surface area contributed by atoms with Crippen LogP contribution in [-0.2, 0) is 17.4 Å². The Balaban J connectivity index is 1.45. The van der Waals surface area contributed by atoms with Gasteiger partial charge in [-0.15, -0.1) is 10.2 Å². The number of thiophene rings is 1. The Labute approximate surface area is 175 Å². The Kier molecular flexibility index (Phi) is 5.64. The van der Waals surface area contributed by atoms with Gasteiger partial charge >= 0.3 is 6.18 Å². The van der Waals surface area contributed by atoms with E-state index in [9.17, 15) is 18.0 Å². The van der Waals surface area contributed by atoms with Gasteiger partial charge in [-0.25, -0.2) is 0 Å². The third-order valence-electron chi connectivity index (χ3n) is 5.13. The van der Waals surface area contributed by atoms with Crippen molar-refractivity contribution in [3.05, 3.63) is 58.1 Å². The van der Waals surface area contributed by atoms with Gasteiger partial charge in [0.2, 0.25) is 17.7 Å². The molecule has 0 saturated heterocycles. The first kappa shape index (κ1) is 20.6. The molecule has 9 heteroatoms. The first-order chi connectivity index (χ1) is 14.3. The number of benzene rings is 1. The Bertz CT molecular complexity index is 1010. The molecule has 0 spiro atoms. The van der Waals surface area contributed by atoms with Gasteiger partial charge in [0, 0.05) is 29.8 Å². The summed E-state index contributed by atoms with van der Waals surface area (Å²) in [6.45, 7) is 1.77. The molecule has 1 saturated carbocycles. The van der Waals surface area contributed by atoms with E-state index in [2.05, 4.69) is 10.2 Å². The maximum absolute atomic E-state index is 13.1. The number of hydrogen-bond donors (Lipinski definition) is 0. The number of carbonyl (C=O) groups is 1. The molecule has 1 aliphatic rings. The van der Waals surface area contributed by atoms with Crippen LogP contribution in [0, 0.1) is 0 Å². The lowest BCUT2D eigenvalue weighted by atomic mass is 10.0. The van der Waals surface area contributed by atoms with Gasteiger partial charge < -0.3 is 9.32 Å². The zero-order chi connectivity index (χ0) is 21.3. The highest BCUT2D eigenvalue weighted by Crippen LogP contribution is 2.37. The summed E-state index contributed by atoms with van der Waals surface area (Å²) in [4.78, 5) is 14.6. The number of aromatic nitrogens is 2. The van der Waals surface area contributed by atoms with E-state index in [1.165, 1.54) is 17.4 Å². The maximum atomic E-state index is 13.1. The molecule has 0 aliphatic heterocycles. The fourth-order valence-electron chi connectivity index (χ4n) is 3.42. The molecule has 0 radical (unpaired) electrons. The predicted molar refractivity (Wildman–Crippen MR) is 106 cm³/mol. The monoisotopic (exact) mass is 435 g/mol. The van der Waals surface area contributed by atoms with Gasteiger partial charge in [-0.3, -0.25) is 4.79 Å². The number of nitrogens with zero attached hydrogens (tertiary/aromatic N) is 3. The van der Waals surface area contributed by atoms with Crippen LogP contribution in [-0.4, -0.2) is 27.0 Å². The minimum atomic E-state index is -4.41. The quantitative estimate of drug-likeness (QED) is 0.492. The second-order valence-electron chi connectivity index (χ2n) is 7.34. The molecule has 1 aromatic carbocycles. The summed E-state index contributed by atoms with van der Waals surface area (Å²) in [5.41, 5.74) is 0.604. The van der Waals surface area contributed by atoms with E-state index >= 15 is 0 Å². The summed E-state index contributed by atoms with van der Waals surface area (Å²) in [7, 11) is 0. The van der Waals surface area contributed by atoms with Crippen LogP contribution in [0.2, 0.25) is 0 Å². The van der Waals surface area contributed by atoms with E-state index in [0.717, 1.165) is 30.5 Å². The molecular formula is C21H20F3N3O2S. The Hall–Kier alpha value is -2.68. The molecule has 1 amide bonds. The van der Waals surface area contributed by atoms with Gasteiger partial charge in [0.25, 0.3) is 0 Å². The minimum Gasteiger partial charge on any atom is -0.421 e. The second kappa shape index (κ2) is 8.22. The molecule has 1 unspecified atom stereocenters. The third-order valence-corrected chi connectivity index (χ3v) is 5.81. The van der Waals surface area contributed by atoms with Crippen molar-refractivity contribution < 1.29 is 22.4 Å². The van der Waals surface area contributed by atoms with Crippen molar-refractivity contribution in [2.24, 2.45) is 0 Å². The predicted octanol–water partition coefficient (Wildman–Crippen LogP) is 5.50. The Morgan fingerprint density at radius 2 is 2.10 bits per heavy atom. The number of amides is 1. The van der Waals surface area contributed by atoms with Crippen molar-refractivity contribution in [2.75, 3.05) is 0 Å². The van der Waals surface area contributed by atoms with E-state index in [0.29, 0.717) is 17.3 Å². The number of carbonyl (C=O) groups excluding carboxylic acids is 1. The number of alkyl halides is 3. The highest BCUT2D eigenvalue weighted by molar-refractivity contribution is 7.08. The van der Waals surface area contributed by atoms with Crippen LogP contribution in [0.4, 0.5) is 13.2 Å². The summed E-state index contributed by atoms with van der Waals surface area (Å²) in [6.07, 6.45) is -2.25. The number of halogens is 3. The molecular weight excluding hydrogens is 415 g/mol. The smallest absolute Gasteiger partial charge is 0.416 e. The van der Waals surface area contributed by atoms with Crippen molar-refractivity contribution in [1.29, 1.82) is 0 Å². The topological polar surface area (TPSA) is 59.2 Å². The van der Waals surface area contributed by atoms with Gasteiger partial charge in [-0.2, -0.15) is 24.5 Å². The van der Waals surface area contributed by atoms with Crippen molar-refractivity contribution >= 4 is 17.2 Å². The van der Waals surface area contributed by atoms with Crippen LogP contribution in [0.15, 0.2) is 45.5 Å². The molecule has 158 valence electrons. The molecule has 1 aliphatic carbocycles. The zero-order valence-corrected chi connectivity index (χ0v) is 17.0. The lowest BCUT2D eigenvalue weighted by Gasteiger charge is -2.30. The van der Waals surface area contributed by atoms with Crippen molar-refractivity contribution in [3.8, 4) is 11.5 Å². The molecule has 0 bridgehead atoms. The van der Waals surface area contributed by atoms with Gasteiger partial charge in [0.1, 0.15) is 0 Å².